The number of allylic oxidation sites excluding steroid dienone is 10. The van der Waals surface area contributed by atoms with E-state index in [0.717, 1.165) is 83.5 Å². The van der Waals surface area contributed by atoms with Gasteiger partial charge < -0.3 is 14.2 Å². The molecule has 0 aliphatic rings. The zero-order chi connectivity index (χ0) is 52.2. The van der Waals surface area contributed by atoms with Gasteiger partial charge in [0, 0.05) is 19.3 Å². The average molecular weight is 1010 g/mol. The minimum Gasteiger partial charge on any atom is -0.462 e. The van der Waals surface area contributed by atoms with Crippen LogP contribution < -0.4 is 0 Å². The lowest BCUT2D eigenvalue weighted by Crippen LogP contribution is -2.30. The fraction of sp³-hybridized carbons (Fsp3) is 0.803. The van der Waals surface area contributed by atoms with E-state index in [-0.39, 0.29) is 31.1 Å². The lowest BCUT2D eigenvalue weighted by molar-refractivity contribution is -0.167. The highest BCUT2D eigenvalue weighted by atomic mass is 16.6. The van der Waals surface area contributed by atoms with Crippen LogP contribution in [-0.4, -0.2) is 37.2 Å². The van der Waals surface area contributed by atoms with Gasteiger partial charge in [0.1, 0.15) is 13.2 Å². The van der Waals surface area contributed by atoms with Crippen LogP contribution in [0.3, 0.4) is 0 Å². The van der Waals surface area contributed by atoms with Crippen molar-refractivity contribution in [2.75, 3.05) is 13.2 Å². The van der Waals surface area contributed by atoms with Gasteiger partial charge >= 0.3 is 17.9 Å². The molecule has 0 saturated carbocycles. The Bertz CT molecular complexity index is 1290. The zero-order valence-electron chi connectivity index (χ0n) is 47.9. The molecule has 418 valence electrons. The SMILES string of the molecule is CC/C=C\C/C=C\C/C=C\C/C=C\CCCCCCCCCCCCCCCCC(=O)OCC(COC(=O)CCCCCCCCCC)OC(=O)CCCCCCCCCCC/C=C\CCCCCCCC. The van der Waals surface area contributed by atoms with Gasteiger partial charge in [0.05, 0.1) is 0 Å². The quantitative estimate of drug-likeness (QED) is 0.0261. The fourth-order valence-electron chi connectivity index (χ4n) is 9.08. The highest BCUT2D eigenvalue weighted by Gasteiger charge is 2.19. The molecule has 0 aliphatic carbocycles. The molecule has 1 atom stereocenters. The topological polar surface area (TPSA) is 78.9 Å². The Morgan fingerprint density at radius 3 is 0.861 bits per heavy atom. The van der Waals surface area contributed by atoms with Crippen molar-refractivity contribution in [3.8, 4) is 0 Å². The van der Waals surface area contributed by atoms with Crippen LogP contribution in [0.15, 0.2) is 60.8 Å². The summed E-state index contributed by atoms with van der Waals surface area (Å²) in [6.07, 6.45) is 76.7. The molecule has 0 aromatic heterocycles. The predicted octanol–water partition coefficient (Wildman–Crippen LogP) is 21.2. The first-order valence-electron chi connectivity index (χ1n) is 31.3. The van der Waals surface area contributed by atoms with E-state index in [4.69, 9.17) is 14.2 Å². The van der Waals surface area contributed by atoms with E-state index in [1.165, 1.54) is 199 Å². The van der Waals surface area contributed by atoms with Gasteiger partial charge in [0.25, 0.3) is 0 Å². The molecule has 0 fully saturated rings. The van der Waals surface area contributed by atoms with Gasteiger partial charge in [-0.1, -0.05) is 281 Å². The van der Waals surface area contributed by atoms with E-state index >= 15 is 0 Å². The summed E-state index contributed by atoms with van der Waals surface area (Å²) in [5.41, 5.74) is 0. The smallest absolute Gasteiger partial charge is 0.306 e. The Morgan fingerprint density at radius 2 is 0.542 bits per heavy atom. The minimum atomic E-state index is -0.771. The van der Waals surface area contributed by atoms with Crippen molar-refractivity contribution in [2.45, 2.75) is 329 Å². The lowest BCUT2D eigenvalue weighted by Gasteiger charge is -2.18. The molecule has 0 N–H and O–H groups in total. The van der Waals surface area contributed by atoms with Gasteiger partial charge in [-0.25, -0.2) is 0 Å². The van der Waals surface area contributed by atoms with Crippen LogP contribution in [0.4, 0.5) is 0 Å². The summed E-state index contributed by atoms with van der Waals surface area (Å²) in [6.45, 7) is 6.53. The van der Waals surface area contributed by atoms with Crippen LogP contribution in [0.1, 0.15) is 323 Å². The van der Waals surface area contributed by atoms with E-state index in [2.05, 4.69) is 81.5 Å². The maximum absolute atomic E-state index is 12.9. The van der Waals surface area contributed by atoms with Crippen LogP contribution in [-0.2, 0) is 28.6 Å². The predicted molar refractivity (Wildman–Crippen MR) is 312 cm³/mol. The first-order valence-corrected chi connectivity index (χ1v) is 31.3. The number of hydrogen-bond acceptors (Lipinski definition) is 6. The summed E-state index contributed by atoms with van der Waals surface area (Å²) < 4.78 is 16.9. The Balaban J connectivity index is 4.13. The molecule has 0 aliphatic heterocycles. The first-order chi connectivity index (χ1) is 35.5. The third kappa shape index (κ3) is 58.0. The molecular formula is C66H118O6. The molecule has 0 radical (unpaired) electrons. The third-order valence-electron chi connectivity index (χ3n) is 13.8. The summed E-state index contributed by atoms with van der Waals surface area (Å²) in [7, 11) is 0. The third-order valence-corrected chi connectivity index (χ3v) is 13.8. The molecule has 0 bridgehead atoms. The highest BCUT2D eigenvalue weighted by Crippen LogP contribution is 2.17. The Hall–Kier alpha value is -2.89. The van der Waals surface area contributed by atoms with Crippen LogP contribution in [0.25, 0.3) is 0 Å². The number of unbranched alkanes of at least 4 members (excludes halogenated alkanes) is 36. The second-order valence-electron chi connectivity index (χ2n) is 20.9. The Labute approximate surface area is 447 Å². The molecular weight excluding hydrogens is 889 g/mol. The van der Waals surface area contributed by atoms with Crippen molar-refractivity contribution in [3.05, 3.63) is 60.8 Å². The van der Waals surface area contributed by atoms with Crippen molar-refractivity contribution >= 4 is 17.9 Å². The van der Waals surface area contributed by atoms with Crippen molar-refractivity contribution in [1.82, 2.24) is 0 Å². The second-order valence-corrected chi connectivity index (χ2v) is 20.9. The average Bonchev–Trinajstić information content (AvgIpc) is 3.38. The monoisotopic (exact) mass is 1010 g/mol. The molecule has 0 aromatic rings. The maximum Gasteiger partial charge on any atom is 0.306 e. The number of ether oxygens (including phenoxy) is 3. The molecule has 0 heterocycles. The van der Waals surface area contributed by atoms with Crippen LogP contribution >= 0.6 is 0 Å². The minimum absolute atomic E-state index is 0.0713. The zero-order valence-corrected chi connectivity index (χ0v) is 47.9. The molecule has 1 unspecified atom stereocenters. The van der Waals surface area contributed by atoms with Crippen molar-refractivity contribution in [3.63, 3.8) is 0 Å². The number of hydrogen-bond donors (Lipinski definition) is 0. The van der Waals surface area contributed by atoms with E-state index in [1.807, 2.05) is 0 Å². The highest BCUT2D eigenvalue weighted by molar-refractivity contribution is 5.71. The molecule has 0 amide bonds. The summed E-state index contributed by atoms with van der Waals surface area (Å²) >= 11 is 0. The van der Waals surface area contributed by atoms with Crippen molar-refractivity contribution in [1.29, 1.82) is 0 Å². The van der Waals surface area contributed by atoms with Crippen molar-refractivity contribution in [2.24, 2.45) is 0 Å². The molecule has 6 heteroatoms. The summed E-state index contributed by atoms with van der Waals surface area (Å²) in [4.78, 5) is 38.1. The standard InChI is InChI=1S/C66H118O6/c1-4-7-10-13-16-19-21-23-25-27-29-30-31-32-33-34-35-36-38-39-41-43-45-47-50-53-56-59-65(68)71-62-63(61-70-64(67)58-55-52-49-18-15-12-9-6-3)72-66(69)60-57-54-51-48-46-44-42-40-37-28-26-24-22-20-17-14-11-8-5-2/h7,10,16,19,23-26,29-30,63H,4-6,8-9,11-15,17-18,20-22,27-28,31-62H2,1-3H3/b10-7-,19-16-,25-23-,26-24-,30-29-. The molecule has 0 spiro atoms. The number of carbonyl (C=O) groups is 3. The lowest BCUT2D eigenvalue weighted by atomic mass is 10.0. The molecule has 0 saturated heterocycles. The van der Waals surface area contributed by atoms with E-state index in [0.29, 0.717) is 19.3 Å². The second kappa shape index (κ2) is 60.7. The maximum atomic E-state index is 12.9. The summed E-state index contributed by atoms with van der Waals surface area (Å²) in [5.74, 6) is -0.863. The van der Waals surface area contributed by atoms with Crippen LogP contribution in [0.5, 0.6) is 0 Å². The largest absolute Gasteiger partial charge is 0.462 e. The van der Waals surface area contributed by atoms with Crippen LogP contribution in [0, 0.1) is 0 Å². The summed E-state index contributed by atoms with van der Waals surface area (Å²) in [5, 5.41) is 0. The molecule has 0 rings (SSSR count). The first kappa shape index (κ1) is 69.1. The van der Waals surface area contributed by atoms with Gasteiger partial charge in [-0.2, -0.15) is 0 Å². The van der Waals surface area contributed by atoms with Crippen molar-refractivity contribution < 1.29 is 28.6 Å². The van der Waals surface area contributed by atoms with Crippen LogP contribution in [0.2, 0.25) is 0 Å². The van der Waals surface area contributed by atoms with Gasteiger partial charge in [0.15, 0.2) is 6.10 Å². The Kier molecular flexibility index (Phi) is 58.2. The van der Waals surface area contributed by atoms with Gasteiger partial charge in [-0.05, 0) is 83.5 Å². The normalized spacial score (nSPS) is 12.4. The van der Waals surface area contributed by atoms with Gasteiger partial charge in [-0.15, -0.1) is 0 Å². The summed E-state index contributed by atoms with van der Waals surface area (Å²) in [6, 6.07) is 0. The van der Waals surface area contributed by atoms with E-state index in [9.17, 15) is 14.4 Å². The fourth-order valence-corrected chi connectivity index (χ4v) is 9.08. The molecule has 6 nitrogen and oxygen atoms in total. The number of rotatable bonds is 57. The van der Waals surface area contributed by atoms with E-state index in [1.54, 1.807) is 0 Å². The molecule has 0 aromatic carbocycles. The van der Waals surface area contributed by atoms with Gasteiger partial charge in [-0.3, -0.25) is 14.4 Å². The Morgan fingerprint density at radius 1 is 0.292 bits per heavy atom. The van der Waals surface area contributed by atoms with E-state index < -0.39 is 6.10 Å². The van der Waals surface area contributed by atoms with Gasteiger partial charge in [0.2, 0.25) is 0 Å². The molecule has 72 heavy (non-hydrogen) atoms. The number of carbonyl (C=O) groups excluding carboxylic acids is 3. The number of esters is 3.